The van der Waals surface area contributed by atoms with Gasteiger partial charge in [0.15, 0.2) is 0 Å². The summed E-state index contributed by atoms with van der Waals surface area (Å²) in [5.41, 5.74) is 0.884. The van der Waals surface area contributed by atoms with Crippen molar-refractivity contribution < 1.29 is 4.39 Å². The van der Waals surface area contributed by atoms with Gasteiger partial charge in [-0.3, -0.25) is 0 Å². The Hall–Kier alpha value is -1.05. The number of anilines is 1. The number of benzene rings is 1. The highest BCUT2D eigenvalue weighted by atomic mass is 19.1. The molecule has 0 spiro atoms. The van der Waals surface area contributed by atoms with Crippen molar-refractivity contribution >= 4 is 5.69 Å². The van der Waals surface area contributed by atoms with Crippen LogP contribution >= 0.6 is 0 Å². The van der Waals surface area contributed by atoms with E-state index in [2.05, 4.69) is 19.2 Å². The molecule has 1 unspecified atom stereocenters. The van der Waals surface area contributed by atoms with E-state index in [9.17, 15) is 4.39 Å². The fourth-order valence-corrected chi connectivity index (χ4v) is 1.80. The van der Waals surface area contributed by atoms with E-state index in [1.54, 1.807) is 12.1 Å². The van der Waals surface area contributed by atoms with E-state index in [0.717, 1.165) is 12.2 Å². The largest absolute Gasteiger partial charge is 0.385 e. The van der Waals surface area contributed by atoms with Gasteiger partial charge in [-0.05, 0) is 30.5 Å². The molecule has 0 saturated carbocycles. The Balaban J connectivity index is 2.37. The van der Waals surface area contributed by atoms with Crippen molar-refractivity contribution in [2.75, 3.05) is 11.9 Å². The molecular formula is C14H22FN. The third-order valence-corrected chi connectivity index (χ3v) is 2.96. The summed E-state index contributed by atoms with van der Waals surface area (Å²) in [6.07, 6.45) is 4.97. The molecule has 1 N–H and O–H groups in total. The van der Waals surface area contributed by atoms with Crippen LogP contribution in [-0.2, 0) is 0 Å². The molecule has 1 aromatic carbocycles. The van der Waals surface area contributed by atoms with E-state index in [1.165, 1.54) is 31.7 Å². The zero-order chi connectivity index (χ0) is 11.8. The highest BCUT2D eigenvalue weighted by molar-refractivity contribution is 5.42. The highest BCUT2D eigenvalue weighted by Gasteiger charge is 2.05. The molecule has 0 saturated heterocycles. The van der Waals surface area contributed by atoms with Crippen LogP contribution < -0.4 is 5.32 Å². The van der Waals surface area contributed by atoms with Crippen LogP contribution in [0.25, 0.3) is 0 Å². The van der Waals surface area contributed by atoms with Crippen LogP contribution in [0.15, 0.2) is 24.3 Å². The predicted molar refractivity (Wildman–Crippen MR) is 68.2 cm³/mol. The lowest BCUT2D eigenvalue weighted by atomic mass is 9.99. The molecule has 0 amide bonds. The Morgan fingerprint density at radius 1 is 1.31 bits per heavy atom. The summed E-state index contributed by atoms with van der Waals surface area (Å²) in [5.74, 6) is 0.523. The van der Waals surface area contributed by atoms with Gasteiger partial charge in [0.2, 0.25) is 0 Å². The van der Waals surface area contributed by atoms with E-state index in [1.807, 2.05) is 6.07 Å². The van der Waals surface area contributed by atoms with Crippen LogP contribution in [0, 0.1) is 11.7 Å². The molecule has 0 aliphatic carbocycles. The van der Waals surface area contributed by atoms with Gasteiger partial charge in [0.1, 0.15) is 5.82 Å². The summed E-state index contributed by atoms with van der Waals surface area (Å²) in [7, 11) is 0. The van der Waals surface area contributed by atoms with Gasteiger partial charge >= 0.3 is 0 Å². The van der Waals surface area contributed by atoms with Crippen molar-refractivity contribution in [2.24, 2.45) is 5.92 Å². The molecular weight excluding hydrogens is 201 g/mol. The summed E-state index contributed by atoms with van der Waals surface area (Å²) >= 11 is 0. The number of nitrogens with one attached hydrogen (secondary N) is 1. The Bertz CT molecular complexity index is 299. The smallest absolute Gasteiger partial charge is 0.125 e. The van der Waals surface area contributed by atoms with Crippen molar-refractivity contribution in [1.82, 2.24) is 0 Å². The number of hydrogen-bond donors (Lipinski definition) is 1. The van der Waals surface area contributed by atoms with Gasteiger partial charge in [-0.15, -0.1) is 0 Å². The van der Waals surface area contributed by atoms with Crippen molar-refractivity contribution in [3.63, 3.8) is 0 Å². The molecule has 1 rings (SSSR count). The molecule has 0 aliphatic rings. The molecule has 0 aliphatic heterocycles. The maximum absolute atomic E-state index is 12.9. The summed E-state index contributed by atoms with van der Waals surface area (Å²) in [4.78, 5) is 0. The van der Waals surface area contributed by atoms with Gasteiger partial charge in [0.05, 0.1) is 0 Å². The average molecular weight is 223 g/mol. The standard InChI is InChI=1S/C14H22FN/c1-3-5-7-12(4-2)11-16-14-9-6-8-13(15)10-14/h6,8-10,12,16H,3-5,7,11H2,1-2H3. The molecule has 0 aromatic heterocycles. The topological polar surface area (TPSA) is 12.0 Å². The lowest BCUT2D eigenvalue weighted by Crippen LogP contribution is -2.13. The highest BCUT2D eigenvalue weighted by Crippen LogP contribution is 2.15. The first-order valence-electron chi connectivity index (χ1n) is 6.25. The quantitative estimate of drug-likeness (QED) is 0.720. The van der Waals surface area contributed by atoms with Gasteiger partial charge in [-0.2, -0.15) is 0 Å². The van der Waals surface area contributed by atoms with E-state index < -0.39 is 0 Å². The normalized spacial score (nSPS) is 12.4. The molecule has 1 aromatic rings. The molecule has 16 heavy (non-hydrogen) atoms. The van der Waals surface area contributed by atoms with Crippen LogP contribution in [-0.4, -0.2) is 6.54 Å². The SMILES string of the molecule is CCCCC(CC)CNc1cccc(F)c1. The number of unbranched alkanes of at least 4 members (excludes halogenated alkanes) is 1. The van der Waals surface area contributed by atoms with Crippen molar-refractivity contribution in [1.29, 1.82) is 0 Å². The fourth-order valence-electron chi connectivity index (χ4n) is 1.80. The van der Waals surface area contributed by atoms with Crippen LogP contribution in [0.2, 0.25) is 0 Å². The minimum atomic E-state index is -0.174. The first-order valence-corrected chi connectivity index (χ1v) is 6.25. The molecule has 1 atom stereocenters. The van der Waals surface area contributed by atoms with Crippen molar-refractivity contribution in [2.45, 2.75) is 39.5 Å². The Morgan fingerprint density at radius 2 is 2.12 bits per heavy atom. The zero-order valence-electron chi connectivity index (χ0n) is 10.3. The summed E-state index contributed by atoms with van der Waals surface area (Å²) < 4.78 is 12.9. The number of rotatable bonds is 7. The minimum absolute atomic E-state index is 0.174. The Labute approximate surface area is 98.1 Å². The summed E-state index contributed by atoms with van der Waals surface area (Å²) in [6.45, 7) is 5.38. The predicted octanol–water partition coefficient (Wildman–Crippen LogP) is 4.45. The van der Waals surface area contributed by atoms with Crippen LogP contribution in [0.3, 0.4) is 0 Å². The third-order valence-electron chi connectivity index (χ3n) is 2.96. The van der Waals surface area contributed by atoms with Crippen molar-refractivity contribution in [3.8, 4) is 0 Å². The van der Waals surface area contributed by atoms with E-state index in [4.69, 9.17) is 0 Å². The monoisotopic (exact) mass is 223 g/mol. The summed E-state index contributed by atoms with van der Waals surface area (Å²) in [6, 6.07) is 6.67. The second kappa shape index (κ2) is 7.26. The lowest BCUT2D eigenvalue weighted by Gasteiger charge is -2.16. The van der Waals surface area contributed by atoms with Crippen LogP contribution in [0.1, 0.15) is 39.5 Å². The molecule has 1 nitrogen and oxygen atoms in total. The summed E-state index contributed by atoms with van der Waals surface area (Å²) in [5, 5.41) is 3.31. The minimum Gasteiger partial charge on any atom is -0.385 e. The number of halogens is 1. The fraction of sp³-hybridized carbons (Fsp3) is 0.571. The maximum Gasteiger partial charge on any atom is 0.125 e. The van der Waals surface area contributed by atoms with E-state index in [0.29, 0.717) is 5.92 Å². The molecule has 0 radical (unpaired) electrons. The number of hydrogen-bond acceptors (Lipinski definition) is 1. The Morgan fingerprint density at radius 3 is 2.75 bits per heavy atom. The molecule has 0 bridgehead atoms. The van der Waals surface area contributed by atoms with Gasteiger partial charge < -0.3 is 5.32 Å². The zero-order valence-corrected chi connectivity index (χ0v) is 10.3. The van der Waals surface area contributed by atoms with Crippen LogP contribution in [0.5, 0.6) is 0 Å². The maximum atomic E-state index is 12.9. The first kappa shape index (κ1) is 13.0. The second-order valence-corrected chi connectivity index (χ2v) is 4.31. The molecule has 0 heterocycles. The molecule has 2 heteroatoms. The van der Waals surface area contributed by atoms with E-state index in [-0.39, 0.29) is 5.82 Å². The lowest BCUT2D eigenvalue weighted by molar-refractivity contribution is 0.472. The first-order chi connectivity index (χ1) is 7.76. The molecule has 90 valence electrons. The average Bonchev–Trinajstić information content (AvgIpc) is 2.29. The van der Waals surface area contributed by atoms with Crippen LogP contribution in [0.4, 0.5) is 10.1 Å². The third kappa shape index (κ3) is 4.65. The van der Waals surface area contributed by atoms with E-state index >= 15 is 0 Å². The van der Waals surface area contributed by atoms with Gasteiger partial charge in [0, 0.05) is 12.2 Å². The molecule has 0 fully saturated rings. The van der Waals surface area contributed by atoms with Gasteiger partial charge in [-0.1, -0.05) is 39.2 Å². The van der Waals surface area contributed by atoms with Gasteiger partial charge in [0.25, 0.3) is 0 Å². The second-order valence-electron chi connectivity index (χ2n) is 4.31. The van der Waals surface area contributed by atoms with Crippen molar-refractivity contribution in [3.05, 3.63) is 30.1 Å². The van der Waals surface area contributed by atoms with Gasteiger partial charge in [-0.25, -0.2) is 4.39 Å². The Kier molecular flexibility index (Phi) is 5.91.